The summed E-state index contributed by atoms with van der Waals surface area (Å²) in [5.41, 5.74) is 0.690. The molecule has 96 valence electrons. The highest BCUT2D eigenvalue weighted by Gasteiger charge is 2.35. The zero-order valence-electron chi connectivity index (χ0n) is 10.1. The van der Waals surface area contributed by atoms with Crippen LogP contribution in [0.3, 0.4) is 0 Å². The Bertz CT molecular complexity index is 472. The van der Waals surface area contributed by atoms with Gasteiger partial charge in [-0.05, 0) is 19.1 Å². The van der Waals surface area contributed by atoms with E-state index in [-0.39, 0.29) is 18.9 Å². The van der Waals surface area contributed by atoms with E-state index in [1.165, 1.54) is 4.90 Å². The molecule has 1 saturated heterocycles. The normalized spacial score (nSPS) is 19.1. The minimum absolute atomic E-state index is 0.0637. The van der Waals surface area contributed by atoms with Crippen molar-refractivity contribution in [3.63, 3.8) is 0 Å². The van der Waals surface area contributed by atoms with Gasteiger partial charge in [0.25, 0.3) is 0 Å². The van der Waals surface area contributed by atoms with Gasteiger partial charge in [-0.3, -0.25) is 9.59 Å². The number of carbonyl (C=O) groups is 2. The van der Waals surface area contributed by atoms with E-state index in [2.05, 4.69) is 0 Å². The third-order valence-electron chi connectivity index (χ3n) is 2.91. The summed E-state index contributed by atoms with van der Waals surface area (Å²) in [6.45, 7) is 2.66. The van der Waals surface area contributed by atoms with Gasteiger partial charge in [-0.25, -0.2) is 0 Å². The van der Waals surface area contributed by atoms with Crippen LogP contribution in [0.2, 0.25) is 0 Å². The molecule has 0 bridgehead atoms. The highest BCUT2D eigenvalue weighted by atomic mass is 16.5. The Morgan fingerprint density at radius 2 is 2.33 bits per heavy atom. The molecule has 1 aromatic carbocycles. The number of rotatable bonds is 4. The summed E-state index contributed by atoms with van der Waals surface area (Å²) < 4.78 is 5.36. The molecule has 1 N–H and O–H groups in total. The maximum absolute atomic E-state index is 11.8. The Morgan fingerprint density at radius 3 is 2.94 bits per heavy atom. The van der Waals surface area contributed by atoms with Crippen molar-refractivity contribution in [3.8, 4) is 5.75 Å². The smallest absolute Gasteiger partial charge is 0.308 e. The number of carboxylic acid groups (broad SMARTS) is 1. The van der Waals surface area contributed by atoms with Crippen LogP contribution >= 0.6 is 0 Å². The van der Waals surface area contributed by atoms with Gasteiger partial charge in [0, 0.05) is 24.7 Å². The van der Waals surface area contributed by atoms with Crippen LogP contribution in [0.5, 0.6) is 5.75 Å². The molecule has 18 heavy (non-hydrogen) atoms. The lowest BCUT2D eigenvalue weighted by Crippen LogP contribution is -2.25. The first-order valence-corrected chi connectivity index (χ1v) is 5.88. The molecular weight excluding hydrogens is 234 g/mol. The molecular formula is C13H15NO4. The second kappa shape index (κ2) is 5.08. The highest BCUT2D eigenvalue weighted by molar-refractivity contribution is 5.99. The molecule has 0 radical (unpaired) electrons. The van der Waals surface area contributed by atoms with Crippen molar-refractivity contribution < 1.29 is 19.4 Å². The maximum atomic E-state index is 11.8. The standard InChI is InChI=1S/C13H15NO4/c1-2-18-11-5-3-4-10(7-11)14-8-9(13(16)17)6-12(14)15/h3-5,7,9H,2,6,8H2,1H3,(H,16,17). The Labute approximate surface area is 105 Å². The number of anilines is 1. The van der Waals surface area contributed by atoms with Gasteiger partial charge in [0.05, 0.1) is 12.5 Å². The van der Waals surface area contributed by atoms with Crippen molar-refractivity contribution in [1.82, 2.24) is 0 Å². The molecule has 1 amide bonds. The molecule has 0 spiro atoms. The summed E-state index contributed by atoms with van der Waals surface area (Å²) in [6.07, 6.45) is 0.0637. The monoisotopic (exact) mass is 249 g/mol. The lowest BCUT2D eigenvalue weighted by Gasteiger charge is -2.17. The van der Waals surface area contributed by atoms with Crippen LogP contribution in [0.4, 0.5) is 5.69 Å². The van der Waals surface area contributed by atoms with Crippen LogP contribution in [-0.2, 0) is 9.59 Å². The second-order valence-electron chi connectivity index (χ2n) is 4.17. The van der Waals surface area contributed by atoms with Crippen LogP contribution in [0, 0.1) is 5.92 Å². The van der Waals surface area contributed by atoms with Crippen LogP contribution < -0.4 is 9.64 Å². The summed E-state index contributed by atoms with van der Waals surface area (Å²) in [7, 11) is 0. The predicted molar refractivity (Wildman–Crippen MR) is 65.7 cm³/mol. The minimum Gasteiger partial charge on any atom is -0.494 e. The Hall–Kier alpha value is -2.04. The van der Waals surface area contributed by atoms with Gasteiger partial charge in [-0.15, -0.1) is 0 Å². The minimum atomic E-state index is -0.924. The summed E-state index contributed by atoms with van der Waals surface area (Å²) in [4.78, 5) is 24.2. The molecule has 1 atom stereocenters. The molecule has 1 heterocycles. The predicted octanol–water partition coefficient (Wildman–Crippen LogP) is 1.52. The van der Waals surface area contributed by atoms with Gasteiger partial charge in [-0.1, -0.05) is 6.07 Å². The van der Waals surface area contributed by atoms with Crippen molar-refractivity contribution in [3.05, 3.63) is 24.3 Å². The fraction of sp³-hybridized carbons (Fsp3) is 0.385. The first kappa shape index (κ1) is 12.4. The average Bonchev–Trinajstić information content (AvgIpc) is 2.72. The van der Waals surface area contributed by atoms with Crippen molar-refractivity contribution in [2.45, 2.75) is 13.3 Å². The SMILES string of the molecule is CCOc1cccc(N2CC(C(=O)O)CC2=O)c1. The Kier molecular flexibility index (Phi) is 3.50. The van der Waals surface area contributed by atoms with Crippen LogP contribution in [0.25, 0.3) is 0 Å². The summed E-state index contributed by atoms with van der Waals surface area (Å²) in [5, 5.41) is 8.93. The molecule has 1 unspecified atom stereocenters. The zero-order chi connectivity index (χ0) is 13.1. The van der Waals surface area contributed by atoms with Gasteiger partial charge >= 0.3 is 5.97 Å². The fourth-order valence-electron chi connectivity index (χ4n) is 2.03. The van der Waals surface area contributed by atoms with E-state index < -0.39 is 11.9 Å². The molecule has 1 aliphatic rings. The van der Waals surface area contributed by atoms with Gasteiger partial charge in [-0.2, -0.15) is 0 Å². The summed E-state index contributed by atoms with van der Waals surface area (Å²) in [5.74, 6) is -1.02. The molecule has 5 nitrogen and oxygen atoms in total. The first-order valence-electron chi connectivity index (χ1n) is 5.88. The second-order valence-corrected chi connectivity index (χ2v) is 4.17. The number of nitrogens with zero attached hydrogens (tertiary/aromatic N) is 1. The van der Waals surface area contributed by atoms with Gasteiger partial charge in [0.15, 0.2) is 0 Å². The van der Waals surface area contributed by atoms with Gasteiger partial charge < -0.3 is 14.7 Å². The van der Waals surface area contributed by atoms with Crippen molar-refractivity contribution in [2.75, 3.05) is 18.1 Å². The third-order valence-corrected chi connectivity index (χ3v) is 2.91. The highest BCUT2D eigenvalue weighted by Crippen LogP contribution is 2.27. The molecule has 1 fully saturated rings. The molecule has 5 heteroatoms. The number of hydrogen-bond donors (Lipinski definition) is 1. The van der Waals surface area contributed by atoms with Crippen molar-refractivity contribution >= 4 is 17.6 Å². The number of carboxylic acids is 1. The van der Waals surface area contributed by atoms with E-state index in [1.54, 1.807) is 18.2 Å². The molecule has 1 aliphatic heterocycles. The molecule has 0 aliphatic carbocycles. The summed E-state index contributed by atoms with van der Waals surface area (Å²) in [6, 6.07) is 7.14. The number of hydrogen-bond acceptors (Lipinski definition) is 3. The van der Waals surface area contributed by atoms with Crippen molar-refractivity contribution in [1.29, 1.82) is 0 Å². The maximum Gasteiger partial charge on any atom is 0.308 e. The molecule has 2 rings (SSSR count). The largest absolute Gasteiger partial charge is 0.494 e. The van der Waals surface area contributed by atoms with Gasteiger partial charge in [0.2, 0.25) is 5.91 Å². The van der Waals surface area contributed by atoms with Crippen LogP contribution in [-0.4, -0.2) is 30.1 Å². The number of aliphatic carboxylic acids is 1. The topological polar surface area (TPSA) is 66.8 Å². The Balaban J connectivity index is 2.19. The third kappa shape index (κ3) is 2.45. The fourth-order valence-corrected chi connectivity index (χ4v) is 2.03. The van der Waals surface area contributed by atoms with Crippen molar-refractivity contribution in [2.24, 2.45) is 5.92 Å². The van der Waals surface area contributed by atoms with Crippen LogP contribution in [0.1, 0.15) is 13.3 Å². The van der Waals surface area contributed by atoms with E-state index in [0.717, 1.165) is 0 Å². The number of carbonyl (C=O) groups excluding carboxylic acids is 1. The number of ether oxygens (including phenoxy) is 1. The van der Waals surface area contributed by atoms with E-state index in [0.29, 0.717) is 18.0 Å². The van der Waals surface area contributed by atoms with Gasteiger partial charge in [0.1, 0.15) is 5.75 Å². The van der Waals surface area contributed by atoms with Crippen LogP contribution in [0.15, 0.2) is 24.3 Å². The van der Waals surface area contributed by atoms with E-state index in [1.807, 2.05) is 13.0 Å². The lowest BCUT2D eigenvalue weighted by molar-refractivity contribution is -0.141. The quantitative estimate of drug-likeness (QED) is 0.878. The molecule has 0 aromatic heterocycles. The molecule has 0 saturated carbocycles. The zero-order valence-corrected chi connectivity index (χ0v) is 10.1. The van der Waals surface area contributed by atoms with E-state index in [4.69, 9.17) is 9.84 Å². The molecule has 1 aromatic rings. The van der Waals surface area contributed by atoms with E-state index in [9.17, 15) is 9.59 Å². The Morgan fingerprint density at radius 1 is 1.56 bits per heavy atom. The van der Waals surface area contributed by atoms with E-state index >= 15 is 0 Å². The first-order chi connectivity index (χ1) is 8.61. The lowest BCUT2D eigenvalue weighted by atomic mass is 10.1. The summed E-state index contributed by atoms with van der Waals surface area (Å²) >= 11 is 0. The average molecular weight is 249 g/mol. The number of benzene rings is 1. The number of amides is 1.